The van der Waals surface area contributed by atoms with Gasteiger partial charge in [0.15, 0.2) is 5.69 Å². The molecular weight excluding hydrogens is 306 g/mol. The number of carboxylic acids is 1. The van der Waals surface area contributed by atoms with Crippen LogP contribution in [0.2, 0.25) is 0 Å². The molecule has 1 heterocycles. The summed E-state index contributed by atoms with van der Waals surface area (Å²) in [5.41, 5.74) is 6.65. The molecule has 0 aliphatic heterocycles. The molecule has 2 rings (SSSR count). The zero-order chi connectivity index (χ0) is 17.4. The highest BCUT2D eigenvalue weighted by atomic mass is 16.5. The summed E-state index contributed by atoms with van der Waals surface area (Å²) in [5.74, 6) is -0.540. The van der Waals surface area contributed by atoms with E-state index >= 15 is 0 Å². The van der Waals surface area contributed by atoms with Gasteiger partial charge in [0, 0.05) is 5.56 Å². The number of ether oxygens (including phenoxy) is 1. The van der Waals surface area contributed by atoms with E-state index in [1.54, 1.807) is 0 Å². The molecule has 24 heavy (non-hydrogen) atoms. The molecule has 0 radical (unpaired) electrons. The van der Waals surface area contributed by atoms with Crippen LogP contribution in [0, 0.1) is 0 Å². The second kappa shape index (κ2) is 8.86. The van der Waals surface area contributed by atoms with E-state index in [-0.39, 0.29) is 11.6 Å². The van der Waals surface area contributed by atoms with Gasteiger partial charge in [0.25, 0.3) is 0 Å². The number of nitrogens with two attached hydrogens (primary N) is 1. The fraction of sp³-hybridized carbons (Fsp3) is 0.389. The lowest BCUT2D eigenvalue weighted by molar-refractivity contribution is 0.0690. The summed E-state index contributed by atoms with van der Waals surface area (Å²) in [7, 11) is 0. The zero-order valence-corrected chi connectivity index (χ0v) is 13.9. The fourth-order valence-electron chi connectivity index (χ4n) is 2.41. The van der Waals surface area contributed by atoms with Crippen LogP contribution in [0.4, 0.5) is 5.95 Å². The predicted octanol–water partition coefficient (Wildman–Crippen LogP) is 3.77. The molecular formula is C18H23N3O3. The molecule has 0 saturated carbocycles. The van der Waals surface area contributed by atoms with E-state index in [9.17, 15) is 4.79 Å². The van der Waals surface area contributed by atoms with Crippen LogP contribution >= 0.6 is 0 Å². The Bertz CT molecular complexity index is 689. The van der Waals surface area contributed by atoms with Gasteiger partial charge in [-0.05, 0) is 24.6 Å². The standard InChI is InChI=1S/C18H23N3O3/c1-2-3-4-5-8-11-24-16-10-7-6-9-13(16)14-12-15(17(22)23)21-18(19)20-14/h6-7,9-10,12H,2-5,8,11H2,1H3,(H,22,23)(H2,19,20,21). The number of nitrogen functional groups attached to an aromatic ring is 1. The van der Waals surface area contributed by atoms with E-state index < -0.39 is 5.97 Å². The van der Waals surface area contributed by atoms with Crippen LogP contribution in [-0.4, -0.2) is 27.7 Å². The number of para-hydroxylation sites is 1. The van der Waals surface area contributed by atoms with Gasteiger partial charge in [0.1, 0.15) is 5.75 Å². The van der Waals surface area contributed by atoms with Gasteiger partial charge < -0.3 is 15.6 Å². The maximum atomic E-state index is 11.1. The summed E-state index contributed by atoms with van der Waals surface area (Å²) in [5, 5.41) is 9.12. The fourth-order valence-corrected chi connectivity index (χ4v) is 2.41. The maximum Gasteiger partial charge on any atom is 0.354 e. The molecule has 1 aromatic heterocycles. The summed E-state index contributed by atoms with van der Waals surface area (Å²) in [6.07, 6.45) is 5.80. The Labute approximate surface area is 141 Å². The van der Waals surface area contributed by atoms with E-state index in [4.69, 9.17) is 15.6 Å². The lowest BCUT2D eigenvalue weighted by Gasteiger charge is -2.11. The number of hydrogen-bond acceptors (Lipinski definition) is 5. The van der Waals surface area contributed by atoms with E-state index in [2.05, 4.69) is 16.9 Å². The molecule has 3 N–H and O–H groups in total. The van der Waals surface area contributed by atoms with Crippen LogP contribution < -0.4 is 10.5 Å². The number of aromatic carboxylic acids is 1. The van der Waals surface area contributed by atoms with Crippen LogP contribution in [0.15, 0.2) is 30.3 Å². The number of rotatable bonds is 9. The van der Waals surface area contributed by atoms with Crippen molar-refractivity contribution in [3.05, 3.63) is 36.0 Å². The molecule has 0 atom stereocenters. The third-order valence-electron chi connectivity index (χ3n) is 3.63. The number of carbonyl (C=O) groups is 1. The van der Waals surface area contributed by atoms with Crippen molar-refractivity contribution in [2.24, 2.45) is 0 Å². The summed E-state index contributed by atoms with van der Waals surface area (Å²) in [6, 6.07) is 8.81. The minimum atomic E-state index is -1.14. The maximum absolute atomic E-state index is 11.1. The average Bonchev–Trinajstić information content (AvgIpc) is 2.57. The second-order valence-corrected chi connectivity index (χ2v) is 5.56. The summed E-state index contributed by atoms with van der Waals surface area (Å²) in [4.78, 5) is 19.0. The number of carboxylic acid groups (broad SMARTS) is 1. The topological polar surface area (TPSA) is 98.3 Å². The first kappa shape index (κ1) is 17.7. The smallest absolute Gasteiger partial charge is 0.354 e. The van der Waals surface area contributed by atoms with Crippen molar-refractivity contribution in [2.45, 2.75) is 39.0 Å². The molecule has 0 aliphatic carbocycles. The van der Waals surface area contributed by atoms with Crippen molar-refractivity contribution < 1.29 is 14.6 Å². The molecule has 128 valence electrons. The van der Waals surface area contributed by atoms with Crippen LogP contribution in [0.25, 0.3) is 11.3 Å². The zero-order valence-electron chi connectivity index (χ0n) is 13.9. The van der Waals surface area contributed by atoms with Gasteiger partial charge >= 0.3 is 5.97 Å². The highest BCUT2D eigenvalue weighted by Crippen LogP contribution is 2.29. The lowest BCUT2D eigenvalue weighted by Crippen LogP contribution is -2.06. The van der Waals surface area contributed by atoms with Crippen LogP contribution in [0.1, 0.15) is 49.5 Å². The van der Waals surface area contributed by atoms with Crippen molar-refractivity contribution in [1.82, 2.24) is 9.97 Å². The minimum Gasteiger partial charge on any atom is -0.493 e. The second-order valence-electron chi connectivity index (χ2n) is 5.56. The Morgan fingerprint density at radius 2 is 1.92 bits per heavy atom. The van der Waals surface area contributed by atoms with Crippen molar-refractivity contribution >= 4 is 11.9 Å². The predicted molar refractivity (Wildman–Crippen MR) is 93.1 cm³/mol. The quantitative estimate of drug-likeness (QED) is 0.679. The Morgan fingerprint density at radius 1 is 1.17 bits per heavy atom. The van der Waals surface area contributed by atoms with Crippen LogP contribution in [0.5, 0.6) is 5.75 Å². The molecule has 0 fully saturated rings. The third kappa shape index (κ3) is 4.94. The normalized spacial score (nSPS) is 10.5. The van der Waals surface area contributed by atoms with Gasteiger partial charge in [-0.15, -0.1) is 0 Å². The summed E-state index contributed by atoms with van der Waals surface area (Å²) in [6.45, 7) is 2.80. The van der Waals surface area contributed by atoms with Gasteiger partial charge in [-0.1, -0.05) is 44.7 Å². The van der Waals surface area contributed by atoms with Crippen molar-refractivity contribution in [1.29, 1.82) is 0 Å². The van der Waals surface area contributed by atoms with Crippen LogP contribution in [-0.2, 0) is 0 Å². The van der Waals surface area contributed by atoms with Gasteiger partial charge in [-0.2, -0.15) is 0 Å². The average molecular weight is 329 g/mol. The van der Waals surface area contributed by atoms with Crippen LogP contribution in [0.3, 0.4) is 0 Å². The molecule has 0 bridgehead atoms. The SMILES string of the molecule is CCCCCCCOc1ccccc1-c1cc(C(=O)O)nc(N)n1. The first-order chi connectivity index (χ1) is 11.6. The Kier molecular flexibility index (Phi) is 6.54. The molecule has 6 heteroatoms. The molecule has 0 unspecified atom stereocenters. The molecule has 0 amide bonds. The van der Waals surface area contributed by atoms with E-state index in [0.717, 1.165) is 12.8 Å². The summed E-state index contributed by atoms with van der Waals surface area (Å²) >= 11 is 0. The first-order valence-corrected chi connectivity index (χ1v) is 8.22. The monoisotopic (exact) mass is 329 g/mol. The Balaban J connectivity index is 2.12. The van der Waals surface area contributed by atoms with Crippen molar-refractivity contribution in [2.75, 3.05) is 12.3 Å². The Hall–Kier alpha value is -2.63. The van der Waals surface area contributed by atoms with Gasteiger partial charge in [0.05, 0.1) is 12.3 Å². The molecule has 1 aromatic carbocycles. The van der Waals surface area contributed by atoms with E-state index in [1.165, 1.54) is 25.3 Å². The van der Waals surface area contributed by atoms with E-state index in [0.29, 0.717) is 23.6 Å². The molecule has 6 nitrogen and oxygen atoms in total. The van der Waals surface area contributed by atoms with Gasteiger partial charge in [-0.25, -0.2) is 14.8 Å². The van der Waals surface area contributed by atoms with Gasteiger partial charge in [-0.3, -0.25) is 0 Å². The highest BCUT2D eigenvalue weighted by molar-refractivity contribution is 5.87. The molecule has 2 aromatic rings. The minimum absolute atomic E-state index is 0.0701. The number of anilines is 1. The first-order valence-electron chi connectivity index (χ1n) is 8.22. The van der Waals surface area contributed by atoms with Crippen molar-refractivity contribution in [3.8, 4) is 17.0 Å². The lowest BCUT2D eigenvalue weighted by atomic mass is 10.1. The van der Waals surface area contributed by atoms with Gasteiger partial charge in [0.2, 0.25) is 5.95 Å². The third-order valence-corrected chi connectivity index (χ3v) is 3.63. The number of nitrogens with zero attached hydrogens (tertiary/aromatic N) is 2. The van der Waals surface area contributed by atoms with E-state index in [1.807, 2.05) is 24.3 Å². The van der Waals surface area contributed by atoms with Crippen molar-refractivity contribution in [3.63, 3.8) is 0 Å². The number of hydrogen-bond donors (Lipinski definition) is 2. The molecule has 0 saturated heterocycles. The number of benzene rings is 1. The molecule has 0 aliphatic rings. The molecule has 0 spiro atoms. The largest absolute Gasteiger partial charge is 0.493 e. The number of aromatic nitrogens is 2. The summed E-state index contributed by atoms with van der Waals surface area (Å²) < 4.78 is 5.86. The Morgan fingerprint density at radius 3 is 2.67 bits per heavy atom. The highest BCUT2D eigenvalue weighted by Gasteiger charge is 2.13. The number of unbranched alkanes of at least 4 members (excludes halogenated alkanes) is 4.